The minimum Gasteiger partial charge on any atom is -0.373 e. The number of carbonyl (C=O) groups excluding carboxylic acids is 1. The van der Waals surface area contributed by atoms with E-state index in [1.807, 2.05) is 12.3 Å². The molecule has 26 heavy (non-hydrogen) atoms. The molecule has 0 radical (unpaired) electrons. The molecule has 2 aromatic heterocycles. The predicted molar refractivity (Wildman–Crippen MR) is 95.3 cm³/mol. The Morgan fingerprint density at radius 3 is 3.04 bits per heavy atom. The zero-order chi connectivity index (χ0) is 17.8. The van der Waals surface area contributed by atoms with Crippen molar-refractivity contribution in [1.82, 2.24) is 25.2 Å². The van der Waals surface area contributed by atoms with E-state index in [2.05, 4.69) is 31.2 Å². The number of pyridine rings is 1. The second kappa shape index (κ2) is 7.47. The summed E-state index contributed by atoms with van der Waals surface area (Å²) in [5.41, 5.74) is 1.41. The van der Waals surface area contributed by atoms with Crippen LogP contribution in [0.3, 0.4) is 0 Å². The number of nitrogens with one attached hydrogen (secondary N) is 1. The first-order chi connectivity index (χ1) is 12.7. The number of hydrogen-bond donors (Lipinski definition) is 1. The van der Waals surface area contributed by atoms with E-state index in [4.69, 9.17) is 4.74 Å². The summed E-state index contributed by atoms with van der Waals surface area (Å²) >= 11 is 0. The molecule has 1 amide bonds. The summed E-state index contributed by atoms with van der Waals surface area (Å²) in [4.78, 5) is 27.0. The molecule has 2 aromatic rings. The van der Waals surface area contributed by atoms with Crippen LogP contribution >= 0.6 is 0 Å². The van der Waals surface area contributed by atoms with E-state index < -0.39 is 0 Å². The molecule has 7 nitrogen and oxygen atoms in total. The van der Waals surface area contributed by atoms with Gasteiger partial charge in [0.15, 0.2) is 0 Å². The second-order valence-electron chi connectivity index (χ2n) is 7.11. The van der Waals surface area contributed by atoms with Gasteiger partial charge in [0.25, 0.3) is 5.91 Å². The minimum atomic E-state index is -0.166. The number of carbonyl (C=O) groups is 1. The number of likely N-dealkylation sites (tertiary alicyclic amines) is 1. The molecule has 0 bridgehead atoms. The van der Waals surface area contributed by atoms with Crippen molar-refractivity contribution < 1.29 is 9.53 Å². The van der Waals surface area contributed by atoms with Crippen LogP contribution in [-0.2, 0) is 11.3 Å². The Balaban J connectivity index is 1.35. The zero-order valence-electron chi connectivity index (χ0n) is 14.7. The molecule has 0 saturated carbocycles. The summed E-state index contributed by atoms with van der Waals surface area (Å²) in [7, 11) is 0. The molecular weight excluding hydrogens is 330 g/mol. The van der Waals surface area contributed by atoms with E-state index in [1.54, 1.807) is 12.4 Å². The molecule has 2 fully saturated rings. The van der Waals surface area contributed by atoms with E-state index in [1.165, 1.54) is 18.0 Å². The lowest BCUT2D eigenvalue weighted by Crippen LogP contribution is -2.50. The highest BCUT2D eigenvalue weighted by Crippen LogP contribution is 2.34. The number of nitrogens with zero attached hydrogens (tertiary/aromatic N) is 4. The normalized spacial score (nSPS) is 26.1. The molecule has 2 aliphatic rings. The van der Waals surface area contributed by atoms with E-state index in [-0.39, 0.29) is 17.6 Å². The molecule has 4 heterocycles. The molecule has 7 heteroatoms. The number of aromatic nitrogens is 3. The average molecular weight is 353 g/mol. The quantitative estimate of drug-likeness (QED) is 0.896. The Morgan fingerprint density at radius 1 is 1.31 bits per heavy atom. The van der Waals surface area contributed by atoms with Gasteiger partial charge >= 0.3 is 0 Å². The molecule has 0 unspecified atom stereocenters. The van der Waals surface area contributed by atoms with E-state index in [0.29, 0.717) is 12.3 Å². The van der Waals surface area contributed by atoms with Crippen LogP contribution in [0.2, 0.25) is 0 Å². The monoisotopic (exact) mass is 353 g/mol. The maximum atomic E-state index is 12.3. The molecule has 0 aromatic carbocycles. The van der Waals surface area contributed by atoms with Gasteiger partial charge in [0.05, 0.1) is 11.8 Å². The summed E-state index contributed by atoms with van der Waals surface area (Å²) in [5.74, 6) is -0.162. The first kappa shape index (κ1) is 17.1. The van der Waals surface area contributed by atoms with E-state index >= 15 is 0 Å². The van der Waals surface area contributed by atoms with Crippen LogP contribution in [0.5, 0.6) is 0 Å². The van der Waals surface area contributed by atoms with E-state index in [0.717, 1.165) is 38.9 Å². The van der Waals surface area contributed by atoms with Crippen molar-refractivity contribution >= 4 is 5.91 Å². The van der Waals surface area contributed by atoms with Crippen molar-refractivity contribution in [1.29, 1.82) is 0 Å². The van der Waals surface area contributed by atoms with Gasteiger partial charge in [-0.05, 0) is 30.9 Å². The Hall–Kier alpha value is -2.38. The highest BCUT2D eigenvalue weighted by molar-refractivity contribution is 5.92. The lowest BCUT2D eigenvalue weighted by molar-refractivity contribution is -0.0793. The van der Waals surface area contributed by atoms with Gasteiger partial charge in [-0.25, -0.2) is 4.98 Å². The number of hydrogen-bond acceptors (Lipinski definition) is 6. The molecule has 2 saturated heterocycles. The molecule has 2 aliphatic heterocycles. The lowest BCUT2D eigenvalue weighted by Gasteiger charge is -2.38. The first-order valence-electron chi connectivity index (χ1n) is 9.05. The van der Waals surface area contributed by atoms with Gasteiger partial charge in [-0.15, -0.1) is 0 Å². The van der Waals surface area contributed by atoms with Gasteiger partial charge in [0.2, 0.25) is 0 Å². The van der Waals surface area contributed by atoms with Crippen molar-refractivity contribution in [3.63, 3.8) is 0 Å². The summed E-state index contributed by atoms with van der Waals surface area (Å²) < 4.78 is 6.18. The van der Waals surface area contributed by atoms with Crippen LogP contribution in [0.4, 0.5) is 0 Å². The van der Waals surface area contributed by atoms with Gasteiger partial charge in [-0.3, -0.25) is 19.7 Å². The molecule has 4 rings (SSSR count). The maximum absolute atomic E-state index is 12.3. The van der Waals surface area contributed by atoms with Gasteiger partial charge in [-0.1, -0.05) is 6.07 Å². The topological polar surface area (TPSA) is 80.2 Å². The van der Waals surface area contributed by atoms with Crippen LogP contribution < -0.4 is 5.32 Å². The number of amides is 1. The molecular formula is C19H23N5O2. The average Bonchev–Trinajstić information content (AvgIpc) is 3.05. The van der Waals surface area contributed by atoms with Crippen molar-refractivity contribution in [3.05, 3.63) is 54.4 Å². The molecule has 136 valence electrons. The smallest absolute Gasteiger partial charge is 0.271 e. The van der Waals surface area contributed by atoms with Gasteiger partial charge < -0.3 is 10.1 Å². The fourth-order valence-electron chi connectivity index (χ4n) is 3.92. The Morgan fingerprint density at radius 2 is 2.23 bits per heavy atom. The summed E-state index contributed by atoms with van der Waals surface area (Å²) in [6.45, 7) is 3.45. The van der Waals surface area contributed by atoms with Crippen LogP contribution in [-0.4, -0.2) is 57.1 Å². The lowest BCUT2D eigenvalue weighted by atomic mass is 9.89. The first-order valence-corrected chi connectivity index (χ1v) is 9.05. The molecule has 1 spiro atoms. The minimum absolute atomic E-state index is 0.108. The van der Waals surface area contributed by atoms with Gasteiger partial charge in [0.1, 0.15) is 5.69 Å². The third kappa shape index (κ3) is 3.89. The second-order valence-corrected chi connectivity index (χ2v) is 7.11. The largest absolute Gasteiger partial charge is 0.373 e. The zero-order valence-corrected chi connectivity index (χ0v) is 14.7. The number of ether oxygens (including phenoxy) is 1. The van der Waals surface area contributed by atoms with Crippen LogP contribution in [0, 0.1) is 0 Å². The summed E-state index contributed by atoms with van der Waals surface area (Å²) in [6, 6.07) is 4.18. The van der Waals surface area contributed by atoms with E-state index in [9.17, 15) is 4.79 Å². The molecule has 2 atom stereocenters. The maximum Gasteiger partial charge on any atom is 0.271 e. The fourth-order valence-corrected chi connectivity index (χ4v) is 3.92. The van der Waals surface area contributed by atoms with Crippen LogP contribution in [0.15, 0.2) is 43.1 Å². The third-order valence-electron chi connectivity index (χ3n) is 5.15. The van der Waals surface area contributed by atoms with Gasteiger partial charge in [0, 0.05) is 57.1 Å². The summed E-state index contributed by atoms with van der Waals surface area (Å²) in [5, 5.41) is 3.10. The van der Waals surface area contributed by atoms with Crippen LogP contribution in [0.1, 0.15) is 35.3 Å². The van der Waals surface area contributed by atoms with Crippen molar-refractivity contribution in [2.24, 2.45) is 0 Å². The Kier molecular flexibility index (Phi) is 4.90. The Labute approximate surface area is 152 Å². The fraction of sp³-hybridized carbons (Fsp3) is 0.474. The van der Waals surface area contributed by atoms with Crippen molar-refractivity contribution in [3.8, 4) is 0 Å². The third-order valence-corrected chi connectivity index (χ3v) is 5.15. The number of rotatable bonds is 4. The molecule has 1 N–H and O–H groups in total. The standard InChI is InChI=1S/C19H23N5O2/c25-18(17-12-21-6-7-22-17)23-16-3-9-26-19(10-16)4-8-24(14-19)13-15-2-1-5-20-11-15/h1-2,5-7,11-12,16H,3-4,8-10,13-14H2,(H,23,25)/t16-,19-/m0/s1. The highest BCUT2D eigenvalue weighted by Gasteiger charge is 2.43. The SMILES string of the molecule is O=C(N[C@H]1CCO[C@@]2(CCN(Cc3cccnc3)C2)C1)c1cnccn1. The van der Waals surface area contributed by atoms with Gasteiger partial charge in [-0.2, -0.15) is 0 Å². The highest BCUT2D eigenvalue weighted by atomic mass is 16.5. The Bertz CT molecular complexity index is 742. The van der Waals surface area contributed by atoms with Crippen LogP contribution in [0.25, 0.3) is 0 Å². The predicted octanol–water partition coefficient (Wildman–Crippen LogP) is 1.43. The summed E-state index contributed by atoms with van der Waals surface area (Å²) in [6.07, 6.45) is 11.0. The van der Waals surface area contributed by atoms with Crippen molar-refractivity contribution in [2.75, 3.05) is 19.7 Å². The molecule has 0 aliphatic carbocycles. The van der Waals surface area contributed by atoms with Crippen molar-refractivity contribution in [2.45, 2.75) is 37.5 Å².